The first-order valence-electron chi connectivity index (χ1n) is 8.95. The Hall–Kier alpha value is -2.38. The highest BCUT2D eigenvalue weighted by molar-refractivity contribution is 7.18. The molecule has 0 radical (unpaired) electrons. The largest absolute Gasteiger partial charge is 0.348 e. The molecule has 3 heterocycles. The maximum atomic E-state index is 12.5. The molecule has 2 aliphatic heterocycles. The molecule has 0 aliphatic carbocycles. The molecule has 4 rings (SSSR count). The van der Waals surface area contributed by atoms with Gasteiger partial charge in [-0.15, -0.1) is 11.3 Å². The second-order valence-electron chi connectivity index (χ2n) is 6.89. The van der Waals surface area contributed by atoms with Gasteiger partial charge in [0, 0.05) is 23.8 Å². The monoisotopic (exact) mass is 370 g/mol. The van der Waals surface area contributed by atoms with Crippen molar-refractivity contribution in [1.29, 1.82) is 0 Å². The average molecular weight is 370 g/mol. The van der Waals surface area contributed by atoms with Gasteiger partial charge >= 0.3 is 6.03 Å². The molecule has 2 bridgehead atoms. The van der Waals surface area contributed by atoms with Crippen molar-refractivity contribution < 1.29 is 9.59 Å². The van der Waals surface area contributed by atoms with E-state index in [0.717, 1.165) is 18.5 Å². The summed E-state index contributed by atoms with van der Waals surface area (Å²) in [4.78, 5) is 25.1. The molecule has 2 aliphatic rings. The van der Waals surface area contributed by atoms with Gasteiger partial charge in [0.1, 0.15) is 0 Å². The summed E-state index contributed by atoms with van der Waals surface area (Å²) in [5, 5.41) is 12.9. The van der Waals surface area contributed by atoms with E-state index in [9.17, 15) is 9.59 Å². The van der Waals surface area contributed by atoms with Crippen LogP contribution in [0.4, 0.5) is 15.5 Å². The summed E-state index contributed by atoms with van der Waals surface area (Å²) in [6.45, 7) is 0. The molecule has 0 spiro atoms. The number of amides is 3. The molecule has 7 heteroatoms. The predicted octanol–water partition coefficient (Wildman–Crippen LogP) is 3.40. The summed E-state index contributed by atoms with van der Waals surface area (Å²) in [7, 11) is 0. The lowest BCUT2D eigenvalue weighted by molar-refractivity contribution is 0.0928. The van der Waals surface area contributed by atoms with E-state index >= 15 is 0 Å². The van der Waals surface area contributed by atoms with Crippen molar-refractivity contribution in [3.05, 3.63) is 47.3 Å². The molecular formula is C19H22N4O2S. The van der Waals surface area contributed by atoms with Gasteiger partial charge in [-0.2, -0.15) is 0 Å². The third-order valence-electron chi connectivity index (χ3n) is 4.91. The molecule has 3 amide bonds. The molecule has 26 heavy (non-hydrogen) atoms. The Kier molecular flexibility index (Phi) is 4.90. The zero-order valence-electron chi connectivity index (χ0n) is 14.3. The van der Waals surface area contributed by atoms with E-state index in [2.05, 4.69) is 21.3 Å². The van der Waals surface area contributed by atoms with Crippen LogP contribution >= 0.6 is 11.3 Å². The van der Waals surface area contributed by atoms with Gasteiger partial charge in [0.2, 0.25) is 0 Å². The van der Waals surface area contributed by atoms with Gasteiger partial charge in [0.05, 0.1) is 9.88 Å². The van der Waals surface area contributed by atoms with Crippen molar-refractivity contribution in [2.24, 2.45) is 0 Å². The number of rotatable bonds is 4. The van der Waals surface area contributed by atoms with Crippen LogP contribution in [0, 0.1) is 0 Å². The maximum absolute atomic E-state index is 12.5. The second kappa shape index (κ2) is 7.47. The first kappa shape index (κ1) is 17.1. The van der Waals surface area contributed by atoms with Crippen LogP contribution in [-0.4, -0.2) is 30.1 Å². The van der Waals surface area contributed by atoms with Crippen LogP contribution in [-0.2, 0) is 0 Å². The summed E-state index contributed by atoms with van der Waals surface area (Å²) in [6, 6.07) is 13.8. The number of urea groups is 1. The van der Waals surface area contributed by atoms with Crippen LogP contribution in [0.2, 0.25) is 0 Å². The van der Waals surface area contributed by atoms with Crippen molar-refractivity contribution in [1.82, 2.24) is 10.6 Å². The predicted molar refractivity (Wildman–Crippen MR) is 104 cm³/mol. The smallest absolute Gasteiger partial charge is 0.324 e. The standard InChI is InChI=1S/C19H22N4O2S/c24-18(21-15-10-13-6-7-14(11-15)20-13)16-8-9-17(26-16)23-19(25)22-12-4-2-1-3-5-12/h1-5,8-9,13-15,20H,6-7,10-11H2,(H,21,24)(H2,22,23,25). The van der Waals surface area contributed by atoms with Gasteiger partial charge in [0.25, 0.3) is 5.91 Å². The fourth-order valence-corrected chi connectivity index (χ4v) is 4.56. The van der Waals surface area contributed by atoms with Gasteiger partial charge in [-0.05, 0) is 49.9 Å². The van der Waals surface area contributed by atoms with Gasteiger partial charge in [-0.1, -0.05) is 18.2 Å². The van der Waals surface area contributed by atoms with E-state index in [1.807, 2.05) is 30.3 Å². The number of fused-ring (bicyclic) bond motifs is 2. The number of piperidine rings is 1. The van der Waals surface area contributed by atoms with Crippen molar-refractivity contribution in [2.45, 2.75) is 43.8 Å². The molecule has 1 aromatic heterocycles. The fraction of sp³-hybridized carbons (Fsp3) is 0.368. The molecular weight excluding hydrogens is 348 g/mol. The van der Waals surface area contributed by atoms with E-state index in [0.29, 0.717) is 22.0 Å². The number of nitrogens with one attached hydrogen (secondary N) is 4. The third kappa shape index (κ3) is 4.05. The van der Waals surface area contributed by atoms with Crippen LogP contribution in [0.5, 0.6) is 0 Å². The zero-order chi connectivity index (χ0) is 17.9. The Balaban J connectivity index is 1.31. The first-order chi connectivity index (χ1) is 12.7. The van der Waals surface area contributed by atoms with Crippen molar-refractivity contribution in [3.63, 3.8) is 0 Å². The molecule has 2 unspecified atom stereocenters. The fourth-order valence-electron chi connectivity index (χ4n) is 3.75. The number of benzene rings is 1. The quantitative estimate of drug-likeness (QED) is 0.666. The van der Waals surface area contributed by atoms with Crippen LogP contribution in [0.25, 0.3) is 0 Å². The number of carbonyl (C=O) groups excluding carboxylic acids is 2. The molecule has 2 fully saturated rings. The first-order valence-corrected chi connectivity index (χ1v) is 9.77. The topological polar surface area (TPSA) is 82.3 Å². The van der Waals surface area contributed by atoms with Gasteiger partial charge in [-0.25, -0.2) is 4.79 Å². The Morgan fingerprint density at radius 3 is 2.42 bits per heavy atom. The van der Waals surface area contributed by atoms with E-state index < -0.39 is 0 Å². The summed E-state index contributed by atoms with van der Waals surface area (Å²) < 4.78 is 0. The molecule has 2 aromatic rings. The minimum absolute atomic E-state index is 0.0576. The highest BCUT2D eigenvalue weighted by Crippen LogP contribution is 2.28. The van der Waals surface area contributed by atoms with E-state index in [4.69, 9.17) is 0 Å². The maximum Gasteiger partial charge on any atom is 0.324 e. The molecule has 2 atom stereocenters. The van der Waals surface area contributed by atoms with Crippen LogP contribution in [0.1, 0.15) is 35.4 Å². The van der Waals surface area contributed by atoms with Crippen molar-refractivity contribution in [3.8, 4) is 0 Å². The highest BCUT2D eigenvalue weighted by Gasteiger charge is 2.34. The Labute approximate surface area is 156 Å². The normalized spacial score (nSPS) is 24.1. The van der Waals surface area contributed by atoms with Gasteiger partial charge in [0.15, 0.2) is 0 Å². The van der Waals surface area contributed by atoms with E-state index in [-0.39, 0.29) is 18.0 Å². The molecule has 2 saturated heterocycles. The zero-order valence-corrected chi connectivity index (χ0v) is 15.1. The number of carbonyl (C=O) groups is 2. The Bertz CT molecular complexity index is 780. The lowest BCUT2D eigenvalue weighted by Gasteiger charge is -2.29. The van der Waals surface area contributed by atoms with E-state index in [1.54, 1.807) is 12.1 Å². The lowest BCUT2D eigenvalue weighted by atomic mass is 10.00. The summed E-state index contributed by atoms with van der Waals surface area (Å²) in [5.41, 5.74) is 0.722. The molecule has 1 aromatic carbocycles. The number of anilines is 2. The average Bonchev–Trinajstić information content (AvgIpc) is 3.22. The Morgan fingerprint density at radius 1 is 0.962 bits per heavy atom. The number of hydrogen-bond donors (Lipinski definition) is 4. The van der Waals surface area contributed by atoms with Crippen LogP contribution in [0.15, 0.2) is 42.5 Å². The highest BCUT2D eigenvalue weighted by atomic mass is 32.1. The molecule has 4 N–H and O–H groups in total. The molecule has 136 valence electrons. The van der Waals surface area contributed by atoms with Gasteiger partial charge in [-0.3, -0.25) is 10.1 Å². The minimum Gasteiger partial charge on any atom is -0.348 e. The number of hydrogen-bond acceptors (Lipinski definition) is 4. The third-order valence-corrected chi connectivity index (χ3v) is 5.91. The van der Waals surface area contributed by atoms with Crippen LogP contribution < -0.4 is 21.3 Å². The van der Waals surface area contributed by atoms with Gasteiger partial charge < -0.3 is 16.0 Å². The van der Waals surface area contributed by atoms with Crippen molar-refractivity contribution >= 4 is 34.0 Å². The number of thiophene rings is 1. The summed E-state index contributed by atoms with van der Waals surface area (Å²) >= 11 is 1.29. The number of para-hydroxylation sites is 1. The summed E-state index contributed by atoms with van der Waals surface area (Å²) in [5.74, 6) is -0.0576. The Morgan fingerprint density at radius 2 is 1.69 bits per heavy atom. The van der Waals surface area contributed by atoms with Crippen LogP contribution in [0.3, 0.4) is 0 Å². The second-order valence-corrected chi connectivity index (χ2v) is 7.97. The molecule has 6 nitrogen and oxygen atoms in total. The summed E-state index contributed by atoms with van der Waals surface area (Å²) in [6.07, 6.45) is 4.41. The van der Waals surface area contributed by atoms with E-state index in [1.165, 1.54) is 24.2 Å². The molecule has 0 saturated carbocycles. The lowest BCUT2D eigenvalue weighted by Crippen LogP contribution is -2.47. The van der Waals surface area contributed by atoms with Crippen molar-refractivity contribution in [2.75, 3.05) is 10.6 Å². The SMILES string of the molecule is O=C(Nc1ccccc1)Nc1ccc(C(=O)NC2CC3CCC(C2)N3)s1. The minimum atomic E-state index is -0.320.